The van der Waals surface area contributed by atoms with Gasteiger partial charge in [-0.2, -0.15) is 0 Å². The van der Waals surface area contributed by atoms with Gasteiger partial charge < -0.3 is 15.1 Å². The van der Waals surface area contributed by atoms with Gasteiger partial charge in [-0.1, -0.05) is 48.5 Å². The number of rotatable bonds is 5. The summed E-state index contributed by atoms with van der Waals surface area (Å²) in [5, 5.41) is 3.35. The van der Waals surface area contributed by atoms with E-state index in [1.165, 1.54) is 0 Å². The molecule has 0 unspecified atom stereocenters. The van der Waals surface area contributed by atoms with Crippen molar-refractivity contribution < 1.29 is 9.59 Å². The molecule has 5 heteroatoms. The Morgan fingerprint density at radius 3 is 2.48 bits per heavy atom. The normalized spacial score (nSPS) is 21.9. The minimum Gasteiger partial charge on any atom is -0.343 e. The molecule has 2 aromatic rings. The largest absolute Gasteiger partial charge is 0.343 e. The summed E-state index contributed by atoms with van der Waals surface area (Å²) in [5.74, 6) is 0.0564. The van der Waals surface area contributed by atoms with E-state index in [-0.39, 0.29) is 24.3 Å². The zero-order chi connectivity index (χ0) is 20.4. The molecule has 1 N–H and O–H groups in total. The monoisotopic (exact) mass is 391 g/mol. The molecule has 29 heavy (non-hydrogen) atoms. The molecule has 0 aliphatic carbocycles. The SMILES string of the molecule is CN1C(=O)[C@@](CC(=O)N(C)C2CCNCC2)(Cc2ccccc2)c2ccccc21. The van der Waals surface area contributed by atoms with Gasteiger partial charge in [0, 0.05) is 32.2 Å². The van der Waals surface area contributed by atoms with E-state index in [4.69, 9.17) is 0 Å². The highest BCUT2D eigenvalue weighted by Gasteiger charge is 2.51. The lowest BCUT2D eigenvalue weighted by atomic mass is 9.73. The smallest absolute Gasteiger partial charge is 0.238 e. The van der Waals surface area contributed by atoms with Crippen molar-refractivity contribution in [3.8, 4) is 0 Å². The molecule has 5 nitrogen and oxygen atoms in total. The Kier molecular flexibility index (Phi) is 5.41. The number of nitrogens with one attached hydrogen (secondary N) is 1. The number of fused-ring (bicyclic) bond motifs is 1. The molecule has 2 aliphatic heterocycles. The molecule has 0 aromatic heterocycles. The molecule has 152 valence electrons. The maximum absolute atomic E-state index is 13.6. The molecule has 4 rings (SSSR count). The Morgan fingerprint density at radius 2 is 1.76 bits per heavy atom. The predicted molar refractivity (Wildman–Crippen MR) is 115 cm³/mol. The van der Waals surface area contributed by atoms with Crippen LogP contribution in [0.5, 0.6) is 0 Å². The van der Waals surface area contributed by atoms with E-state index in [1.807, 2.05) is 73.6 Å². The van der Waals surface area contributed by atoms with Crippen LogP contribution in [0.15, 0.2) is 54.6 Å². The lowest BCUT2D eigenvalue weighted by Gasteiger charge is -2.35. The minimum absolute atomic E-state index is 0.00890. The Balaban J connectivity index is 1.70. The van der Waals surface area contributed by atoms with Crippen LogP contribution in [0.2, 0.25) is 0 Å². The molecule has 0 radical (unpaired) electrons. The predicted octanol–water partition coefficient (Wildman–Crippen LogP) is 2.74. The van der Waals surface area contributed by atoms with Crippen LogP contribution in [-0.4, -0.2) is 49.9 Å². The number of hydrogen-bond donors (Lipinski definition) is 1. The van der Waals surface area contributed by atoms with Gasteiger partial charge in [-0.15, -0.1) is 0 Å². The van der Waals surface area contributed by atoms with E-state index in [0.717, 1.165) is 42.7 Å². The Hall–Kier alpha value is -2.66. The van der Waals surface area contributed by atoms with Gasteiger partial charge in [0.15, 0.2) is 0 Å². The van der Waals surface area contributed by atoms with Crippen molar-refractivity contribution in [3.05, 3.63) is 65.7 Å². The van der Waals surface area contributed by atoms with Crippen molar-refractivity contribution in [2.24, 2.45) is 0 Å². The van der Waals surface area contributed by atoms with E-state index < -0.39 is 5.41 Å². The van der Waals surface area contributed by atoms with Crippen molar-refractivity contribution in [3.63, 3.8) is 0 Å². The van der Waals surface area contributed by atoms with E-state index in [0.29, 0.717) is 6.42 Å². The molecule has 2 aliphatic rings. The second kappa shape index (κ2) is 7.99. The summed E-state index contributed by atoms with van der Waals surface area (Å²) >= 11 is 0. The fourth-order valence-electron chi connectivity index (χ4n) is 4.85. The average molecular weight is 392 g/mol. The van der Waals surface area contributed by atoms with Crippen LogP contribution in [0.3, 0.4) is 0 Å². The topological polar surface area (TPSA) is 52.7 Å². The molecule has 0 saturated carbocycles. The van der Waals surface area contributed by atoms with Crippen molar-refractivity contribution in [1.82, 2.24) is 10.2 Å². The molecule has 0 spiro atoms. The summed E-state index contributed by atoms with van der Waals surface area (Å²) in [6.07, 6.45) is 2.64. The van der Waals surface area contributed by atoms with Crippen molar-refractivity contribution in [2.75, 3.05) is 32.1 Å². The number of benzene rings is 2. The highest BCUT2D eigenvalue weighted by atomic mass is 16.2. The fraction of sp³-hybridized carbons (Fsp3) is 0.417. The standard InChI is InChI=1S/C24H29N3O2/c1-26(19-12-14-25-15-13-19)22(28)17-24(16-18-8-4-3-5-9-18)20-10-6-7-11-21(20)27(2)23(24)29/h3-11,19,25H,12-17H2,1-2H3/t24-/m1/s1. The fourth-order valence-corrected chi connectivity index (χ4v) is 4.85. The number of para-hydroxylation sites is 1. The first-order valence-corrected chi connectivity index (χ1v) is 10.4. The van der Waals surface area contributed by atoms with Gasteiger partial charge >= 0.3 is 0 Å². The molecule has 2 aromatic carbocycles. The second-order valence-corrected chi connectivity index (χ2v) is 8.29. The zero-order valence-corrected chi connectivity index (χ0v) is 17.2. The van der Waals surface area contributed by atoms with Gasteiger partial charge in [-0.05, 0) is 49.5 Å². The number of carbonyl (C=O) groups is 2. The van der Waals surface area contributed by atoms with Gasteiger partial charge in [-0.25, -0.2) is 0 Å². The summed E-state index contributed by atoms with van der Waals surface area (Å²) in [6.45, 7) is 1.86. The lowest BCUT2D eigenvalue weighted by Crippen LogP contribution is -2.48. The van der Waals surface area contributed by atoms with Gasteiger partial charge in [0.05, 0.1) is 5.41 Å². The Labute approximate surface area is 172 Å². The number of amides is 2. The summed E-state index contributed by atoms with van der Waals surface area (Å²) in [5.41, 5.74) is 2.09. The maximum Gasteiger partial charge on any atom is 0.238 e. The van der Waals surface area contributed by atoms with Gasteiger partial charge in [0.25, 0.3) is 0 Å². The first-order chi connectivity index (χ1) is 14.0. The maximum atomic E-state index is 13.6. The summed E-state index contributed by atoms with van der Waals surface area (Å²) in [4.78, 5) is 30.6. The quantitative estimate of drug-likeness (QED) is 0.853. The molecule has 2 amide bonds. The van der Waals surface area contributed by atoms with Crippen LogP contribution in [0.1, 0.15) is 30.4 Å². The lowest BCUT2D eigenvalue weighted by molar-refractivity contribution is -0.137. The third kappa shape index (κ3) is 3.55. The van der Waals surface area contributed by atoms with Crippen molar-refractivity contribution in [2.45, 2.75) is 37.1 Å². The summed E-state index contributed by atoms with van der Waals surface area (Å²) in [7, 11) is 3.71. The van der Waals surface area contributed by atoms with Crippen molar-refractivity contribution >= 4 is 17.5 Å². The number of nitrogens with zero attached hydrogens (tertiary/aromatic N) is 2. The van der Waals surface area contributed by atoms with E-state index in [1.54, 1.807) is 4.90 Å². The molecule has 1 fully saturated rings. The van der Waals surface area contributed by atoms with Crippen LogP contribution in [0.4, 0.5) is 5.69 Å². The van der Waals surface area contributed by atoms with E-state index in [2.05, 4.69) is 5.32 Å². The number of piperidine rings is 1. The van der Waals surface area contributed by atoms with Crippen molar-refractivity contribution in [1.29, 1.82) is 0 Å². The van der Waals surface area contributed by atoms with Crippen LogP contribution >= 0.6 is 0 Å². The number of anilines is 1. The third-order valence-electron chi connectivity index (χ3n) is 6.55. The minimum atomic E-state index is -0.856. The molecular formula is C24H29N3O2. The van der Waals surface area contributed by atoms with Gasteiger partial charge in [-0.3, -0.25) is 9.59 Å². The first kappa shape index (κ1) is 19.6. The van der Waals surface area contributed by atoms with Crippen LogP contribution in [0, 0.1) is 0 Å². The first-order valence-electron chi connectivity index (χ1n) is 10.4. The van der Waals surface area contributed by atoms with Gasteiger partial charge in [0.1, 0.15) is 0 Å². The van der Waals surface area contributed by atoms with Gasteiger partial charge in [0.2, 0.25) is 11.8 Å². The average Bonchev–Trinajstić information content (AvgIpc) is 2.97. The molecule has 1 atom stereocenters. The molecule has 1 saturated heterocycles. The van der Waals surface area contributed by atoms with Crippen LogP contribution in [-0.2, 0) is 21.4 Å². The Bertz CT molecular complexity index is 892. The third-order valence-corrected chi connectivity index (χ3v) is 6.55. The highest BCUT2D eigenvalue weighted by molar-refractivity contribution is 6.09. The molecule has 0 bridgehead atoms. The second-order valence-electron chi connectivity index (χ2n) is 8.29. The van der Waals surface area contributed by atoms with Crippen LogP contribution < -0.4 is 10.2 Å². The highest BCUT2D eigenvalue weighted by Crippen LogP contribution is 2.45. The number of carbonyl (C=O) groups excluding carboxylic acids is 2. The Morgan fingerprint density at radius 1 is 1.10 bits per heavy atom. The molecule has 2 heterocycles. The van der Waals surface area contributed by atoms with E-state index in [9.17, 15) is 9.59 Å². The molecular weight excluding hydrogens is 362 g/mol. The zero-order valence-electron chi connectivity index (χ0n) is 17.2. The van der Waals surface area contributed by atoms with E-state index >= 15 is 0 Å². The summed E-state index contributed by atoms with van der Waals surface area (Å²) in [6, 6.07) is 18.2. The van der Waals surface area contributed by atoms with Crippen LogP contribution in [0.25, 0.3) is 0 Å². The number of hydrogen-bond acceptors (Lipinski definition) is 3. The summed E-state index contributed by atoms with van der Waals surface area (Å²) < 4.78 is 0. The number of likely N-dealkylation sites (N-methyl/N-ethyl adjacent to an activating group) is 1.